The summed E-state index contributed by atoms with van der Waals surface area (Å²) in [6, 6.07) is 0.0749. The zero-order valence-corrected chi connectivity index (χ0v) is 15.5. The number of amides is 1. The summed E-state index contributed by atoms with van der Waals surface area (Å²) in [5.74, 6) is 0.525. The summed E-state index contributed by atoms with van der Waals surface area (Å²) in [4.78, 5) is 22.0. The first-order valence-corrected chi connectivity index (χ1v) is 8.87. The van der Waals surface area contributed by atoms with Gasteiger partial charge in [0.1, 0.15) is 16.7 Å². The number of hydrogen-bond acceptors (Lipinski definition) is 5. The molecule has 0 saturated carbocycles. The largest absolute Gasteiger partial charge is 0.364 e. The maximum Gasteiger partial charge on any atom is 0.268 e. The molecule has 0 aliphatic carbocycles. The average Bonchev–Trinajstić information content (AvgIpc) is 3.12. The van der Waals surface area contributed by atoms with Gasteiger partial charge in [0, 0.05) is 18.7 Å². The Morgan fingerprint density at radius 3 is 2.88 bits per heavy atom. The summed E-state index contributed by atoms with van der Waals surface area (Å²) in [6.45, 7) is 7.87. The highest BCUT2D eigenvalue weighted by molar-refractivity contribution is 6.30. The minimum absolute atomic E-state index is 0.0749. The molecule has 1 aliphatic rings. The maximum absolute atomic E-state index is 11.4. The minimum atomic E-state index is -0.580. The van der Waals surface area contributed by atoms with Gasteiger partial charge in [-0.15, -0.1) is 0 Å². The van der Waals surface area contributed by atoms with Crippen LogP contribution in [0.2, 0.25) is 5.15 Å². The van der Waals surface area contributed by atoms with E-state index < -0.39 is 5.91 Å². The van der Waals surface area contributed by atoms with Crippen molar-refractivity contribution in [3.05, 3.63) is 34.5 Å². The summed E-state index contributed by atoms with van der Waals surface area (Å²) in [6.07, 6.45) is 5.01. The van der Waals surface area contributed by atoms with Crippen LogP contribution in [-0.4, -0.2) is 32.2 Å². The van der Waals surface area contributed by atoms with Crippen molar-refractivity contribution in [1.29, 1.82) is 0 Å². The number of aromatic nitrogens is 4. The van der Waals surface area contributed by atoms with Gasteiger partial charge in [0.2, 0.25) is 0 Å². The molecular weight excluding hydrogens is 340 g/mol. The van der Waals surface area contributed by atoms with E-state index in [1.165, 1.54) is 6.20 Å². The van der Waals surface area contributed by atoms with Crippen LogP contribution in [-0.2, 0) is 6.54 Å². The lowest BCUT2D eigenvalue weighted by Gasteiger charge is -2.26. The van der Waals surface area contributed by atoms with Gasteiger partial charge in [0.15, 0.2) is 0 Å². The number of nitrogens with zero attached hydrogens (tertiary/aromatic N) is 5. The third-order valence-corrected chi connectivity index (χ3v) is 4.80. The Morgan fingerprint density at radius 1 is 1.44 bits per heavy atom. The average molecular weight is 363 g/mol. The molecule has 1 aliphatic heterocycles. The fourth-order valence-corrected chi connectivity index (χ4v) is 3.74. The van der Waals surface area contributed by atoms with E-state index in [1.807, 2.05) is 11.6 Å². The first kappa shape index (κ1) is 17.7. The molecule has 2 aromatic heterocycles. The Kier molecular flexibility index (Phi) is 4.94. The minimum Gasteiger partial charge on any atom is -0.364 e. The fourth-order valence-electron chi connectivity index (χ4n) is 3.37. The second-order valence-corrected chi connectivity index (χ2v) is 7.20. The molecule has 8 heteroatoms. The molecule has 25 heavy (non-hydrogen) atoms. The molecule has 0 spiro atoms. The van der Waals surface area contributed by atoms with E-state index in [1.54, 1.807) is 6.20 Å². The molecule has 1 fully saturated rings. The van der Waals surface area contributed by atoms with Gasteiger partial charge in [-0.3, -0.25) is 14.5 Å². The van der Waals surface area contributed by atoms with Crippen molar-refractivity contribution in [2.24, 2.45) is 11.7 Å². The van der Waals surface area contributed by atoms with E-state index in [4.69, 9.17) is 17.3 Å². The van der Waals surface area contributed by atoms with Gasteiger partial charge in [-0.05, 0) is 25.7 Å². The number of carbonyl (C=O) groups excluding carboxylic acids is 1. The second-order valence-electron chi connectivity index (χ2n) is 6.84. The number of aryl methyl sites for hydroxylation is 1. The molecule has 0 aromatic carbocycles. The van der Waals surface area contributed by atoms with Crippen molar-refractivity contribution >= 4 is 23.3 Å². The first-order chi connectivity index (χ1) is 11.9. The fraction of sp³-hybridized carbons (Fsp3) is 0.529. The van der Waals surface area contributed by atoms with Crippen molar-refractivity contribution in [1.82, 2.24) is 19.7 Å². The van der Waals surface area contributed by atoms with E-state index in [0.29, 0.717) is 16.9 Å². The Balaban J connectivity index is 1.96. The molecule has 1 atom stereocenters. The molecular formula is C17H23ClN6O. The number of anilines is 1. The van der Waals surface area contributed by atoms with Crippen LogP contribution in [0.4, 0.5) is 5.82 Å². The topological polar surface area (TPSA) is 89.9 Å². The molecule has 3 rings (SSSR count). The molecule has 0 radical (unpaired) electrons. The number of rotatable bonds is 5. The summed E-state index contributed by atoms with van der Waals surface area (Å²) in [5, 5.41) is 5.30. The number of nitrogens with two attached hydrogens (primary N) is 1. The SMILES string of the molecule is Cc1nn(CC(C)C)c(Cl)c1C1CCCN1c1cncc(C(N)=O)n1. The van der Waals surface area contributed by atoms with Crippen LogP contribution < -0.4 is 10.6 Å². The monoisotopic (exact) mass is 362 g/mol. The Labute approximate surface area is 152 Å². The van der Waals surface area contributed by atoms with Gasteiger partial charge in [-0.25, -0.2) is 4.98 Å². The van der Waals surface area contributed by atoms with Gasteiger partial charge in [0.25, 0.3) is 5.91 Å². The normalized spacial score (nSPS) is 17.5. The molecule has 2 aromatic rings. The predicted molar refractivity (Wildman–Crippen MR) is 96.7 cm³/mol. The van der Waals surface area contributed by atoms with Gasteiger partial charge in [-0.2, -0.15) is 5.10 Å². The standard InChI is InChI=1S/C17H23ClN6O/c1-10(2)9-24-16(18)15(11(3)22-24)13-5-4-6-23(13)14-8-20-7-12(21-14)17(19)25/h7-8,10,13H,4-6,9H2,1-3H3,(H2,19,25). The molecule has 1 unspecified atom stereocenters. The first-order valence-electron chi connectivity index (χ1n) is 8.49. The predicted octanol–water partition coefficient (Wildman–Crippen LogP) is 2.73. The highest BCUT2D eigenvalue weighted by Gasteiger charge is 2.32. The quantitative estimate of drug-likeness (QED) is 0.883. The zero-order chi connectivity index (χ0) is 18.1. The second kappa shape index (κ2) is 7.00. The van der Waals surface area contributed by atoms with E-state index in [-0.39, 0.29) is 11.7 Å². The highest BCUT2D eigenvalue weighted by Crippen LogP contribution is 2.39. The number of carbonyl (C=O) groups is 1. The molecule has 7 nitrogen and oxygen atoms in total. The molecule has 2 N–H and O–H groups in total. The maximum atomic E-state index is 11.4. The Morgan fingerprint density at radius 2 is 2.20 bits per heavy atom. The number of primary amides is 1. The Bertz CT molecular complexity index is 787. The van der Waals surface area contributed by atoms with E-state index in [0.717, 1.165) is 37.2 Å². The van der Waals surface area contributed by atoms with Crippen LogP contribution >= 0.6 is 11.6 Å². The Hall–Kier alpha value is -2.15. The van der Waals surface area contributed by atoms with Crippen molar-refractivity contribution < 1.29 is 4.79 Å². The summed E-state index contributed by atoms with van der Waals surface area (Å²) in [7, 11) is 0. The third kappa shape index (κ3) is 3.46. The lowest BCUT2D eigenvalue weighted by Crippen LogP contribution is -2.25. The van der Waals surface area contributed by atoms with Crippen LogP contribution in [0.5, 0.6) is 0 Å². The van der Waals surface area contributed by atoms with Crippen LogP contribution in [0.25, 0.3) is 0 Å². The van der Waals surface area contributed by atoms with Crippen LogP contribution in [0.3, 0.4) is 0 Å². The summed E-state index contributed by atoms with van der Waals surface area (Å²) >= 11 is 6.65. The molecule has 0 bridgehead atoms. The third-order valence-electron chi connectivity index (χ3n) is 4.40. The highest BCUT2D eigenvalue weighted by atomic mass is 35.5. The summed E-state index contributed by atoms with van der Waals surface area (Å²) in [5.41, 5.74) is 7.46. The van der Waals surface area contributed by atoms with Gasteiger partial charge in [-0.1, -0.05) is 25.4 Å². The number of hydrogen-bond donors (Lipinski definition) is 1. The number of halogens is 1. The smallest absolute Gasteiger partial charge is 0.268 e. The summed E-state index contributed by atoms with van der Waals surface area (Å²) < 4.78 is 1.87. The molecule has 1 saturated heterocycles. The van der Waals surface area contributed by atoms with Crippen LogP contribution in [0, 0.1) is 12.8 Å². The van der Waals surface area contributed by atoms with Crippen molar-refractivity contribution in [3.8, 4) is 0 Å². The van der Waals surface area contributed by atoms with Crippen LogP contribution in [0.15, 0.2) is 12.4 Å². The lowest BCUT2D eigenvalue weighted by molar-refractivity contribution is 0.0995. The van der Waals surface area contributed by atoms with Crippen LogP contribution in [0.1, 0.15) is 54.5 Å². The van der Waals surface area contributed by atoms with Gasteiger partial charge < -0.3 is 10.6 Å². The van der Waals surface area contributed by atoms with Crippen molar-refractivity contribution in [2.45, 2.75) is 46.2 Å². The molecule has 134 valence electrons. The van der Waals surface area contributed by atoms with Crippen molar-refractivity contribution in [3.63, 3.8) is 0 Å². The van der Waals surface area contributed by atoms with E-state index >= 15 is 0 Å². The van der Waals surface area contributed by atoms with E-state index in [2.05, 4.69) is 33.8 Å². The van der Waals surface area contributed by atoms with Gasteiger partial charge >= 0.3 is 0 Å². The van der Waals surface area contributed by atoms with Crippen molar-refractivity contribution in [2.75, 3.05) is 11.4 Å². The lowest BCUT2D eigenvalue weighted by atomic mass is 10.1. The molecule has 1 amide bonds. The zero-order valence-electron chi connectivity index (χ0n) is 14.7. The van der Waals surface area contributed by atoms with Gasteiger partial charge in [0.05, 0.1) is 24.1 Å². The van der Waals surface area contributed by atoms with E-state index in [9.17, 15) is 4.79 Å². The molecule has 3 heterocycles.